The molecule has 0 saturated carbocycles. The molecule has 10 nitrogen and oxygen atoms in total. The first-order valence-corrected chi connectivity index (χ1v) is 6.00. The summed E-state index contributed by atoms with van der Waals surface area (Å²) in [5.41, 5.74) is -4.68. The molecule has 0 fully saturated rings. The van der Waals surface area contributed by atoms with E-state index in [1.807, 2.05) is 0 Å². The van der Waals surface area contributed by atoms with Gasteiger partial charge in [-0.1, -0.05) is 6.58 Å². The Kier molecular flexibility index (Phi) is 5.05. The number of carboxylic acids is 4. The van der Waals surface area contributed by atoms with Crippen LogP contribution in [0.25, 0.3) is 0 Å². The third kappa shape index (κ3) is 3.38. The molecule has 4 N–H and O–H groups in total. The summed E-state index contributed by atoms with van der Waals surface area (Å²) in [6.07, 6.45) is 0. The summed E-state index contributed by atoms with van der Waals surface area (Å²) >= 11 is 0. The summed E-state index contributed by atoms with van der Waals surface area (Å²) in [5.74, 6) is -9.98. The molecular formula is C14H10O10. The van der Waals surface area contributed by atoms with Gasteiger partial charge in [-0.15, -0.1) is 0 Å². The van der Waals surface area contributed by atoms with E-state index in [4.69, 9.17) is 20.4 Å². The third-order valence-electron chi connectivity index (χ3n) is 2.71. The second-order valence-electron chi connectivity index (χ2n) is 4.44. The van der Waals surface area contributed by atoms with Crippen LogP contribution in [0.4, 0.5) is 0 Å². The molecule has 0 radical (unpaired) electrons. The number of carbonyl (C=O) groups excluding carboxylic acids is 1. The molecule has 0 saturated heterocycles. The average Bonchev–Trinajstić information content (AvgIpc) is 2.44. The molecule has 0 atom stereocenters. The van der Waals surface area contributed by atoms with E-state index in [0.717, 1.165) is 0 Å². The lowest BCUT2D eigenvalue weighted by atomic mass is 9.96. The molecule has 10 heteroatoms. The second-order valence-corrected chi connectivity index (χ2v) is 4.44. The number of hydrogen-bond donors (Lipinski definition) is 4. The van der Waals surface area contributed by atoms with E-state index in [2.05, 4.69) is 11.3 Å². The van der Waals surface area contributed by atoms with Crippen molar-refractivity contribution in [3.8, 4) is 5.75 Å². The summed E-state index contributed by atoms with van der Waals surface area (Å²) < 4.78 is 4.62. The fraction of sp³-hybridized carbons (Fsp3) is 0.0714. The Labute approximate surface area is 133 Å². The van der Waals surface area contributed by atoms with Crippen molar-refractivity contribution in [3.63, 3.8) is 0 Å². The Hall–Kier alpha value is -3.69. The van der Waals surface area contributed by atoms with Gasteiger partial charge in [-0.25, -0.2) is 24.0 Å². The molecule has 0 aliphatic carbocycles. The molecule has 0 aromatic heterocycles. The van der Waals surface area contributed by atoms with Gasteiger partial charge >= 0.3 is 29.8 Å². The van der Waals surface area contributed by atoms with Crippen LogP contribution in [0.3, 0.4) is 0 Å². The molecule has 0 unspecified atom stereocenters. The van der Waals surface area contributed by atoms with E-state index in [9.17, 15) is 24.0 Å². The van der Waals surface area contributed by atoms with E-state index < -0.39 is 57.8 Å². The molecule has 0 amide bonds. The molecule has 0 bridgehead atoms. The lowest BCUT2D eigenvalue weighted by Crippen LogP contribution is -2.21. The van der Waals surface area contributed by atoms with E-state index in [0.29, 0.717) is 6.07 Å². The van der Waals surface area contributed by atoms with Crippen LogP contribution < -0.4 is 4.74 Å². The normalized spacial score (nSPS) is 9.88. The Morgan fingerprint density at radius 2 is 1.21 bits per heavy atom. The van der Waals surface area contributed by atoms with E-state index in [1.165, 1.54) is 6.92 Å². The number of ether oxygens (including phenoxy) is 1. The standard InChI is InChI=1S/C14H10O10/c1-4(2)14(23)24-9-7(12(19)20)5(10(15)16)3-6(11(17)18)8(9)13(21)22/h3H,1H2,2H3,(H,15,16)(H,17,18)(H,19,20)(H,21,22). The molecule has 1 aromatic rings. The molecule has 1 aromatic carbocycles. The Bertz CT molecular complexity index is 752. The summed E-state index contributed by atoms with van der Waals surface area (Å²) in [6, 6.07) is 0.371. The van der Waals surface area contributed by atoms with Crippen molar-refractivity contribution in [1.29, 1.82) is 0 Å². The zero-order valence-electron chi connectivity index (χ0n) is 12.0. The second kappa shape index (κ2) is 6.60. The van der Waals surface area contributed by atoms with Crippen LogP contribution in [0, 0.1) is 0 Å². The fourth-order valence-corrected chi connectivity index (χ4v) is 1.70. The van der Waals surface area contributed by atoms with Crippen LogP contribution in [0.15, 0.2) is 18.2 Å². The Morgan fingerprint density at radius 3 is 1.46 bits per heavy atom. The number of carbonyl (C=O) groups is 5. The lowest BCUT2D eigenvalue weighted by molar-refractivity contribution is -0.130. The van der Waals surface area contributed by atoms with Gasteiger partial charge in [-0.3, -0.25) is 0 Å². The highest BCUT2D eigenvalue weighted by Crippen LogP contribution is 2.32. The van der Waals surface area contributed by atoms with Crippen LogP contribution in [0.5, 0.6) is 5.75 Å². The molecule has 126 valence electrons. The van der Waals surface area contributed by atoms with Gasteiger partial charge in [0.2, 0.25) is 0 Å². The van der Waals surface area contributed by atoms with Gasteiger partial charge in [-0.05, 0) is 13.0 Å². The maximum absolute atomic E-state index is 11.6. The smallest absolute Gasteiger partial charge is 0.340 e. The van der Waals surface area contributed by atoms with Gasteiger partial charge in [0.05, 0.1) is 11.1 Å². The highest BCUT2D eigenvalue weighted by atomic mass is 16.5. The van der Waals surface area contributed by atoms with E-state index in [-0.39, 0.29) is 5.57 Å². The van der Waals surface area contributed by atoms with Gasteiger partial charge in [0.1, 0.15) is 11.1 Å². The maximum Gasteiger partial charge on any atom is 0.340 e. The number of esters is 1. The predicted octanol–water partition coefficient (Wildman–Crippen LogP) is 0.961. The molecule has 1 rings (SSSR count). The van der Waals surface area contributed by atoms with Crippen molar-refractivity contribution < 1.29 is 49.1 Å². The molecule has 24 heavy (non-hydrogen) atoms. The monoisotopic (exact) mass is 338 g/mol. The summed E-state index contributed by atoms with van der Waals surface area (Å²) in [6.45, 7) is 4.38. The first-order valence-electron chi connectivity index (χ1n) is 6.00. The topological polar surface area (TPSA) is 176 Å². The molecular weight excluding hydrogens is 328 g/mol. The number of carboxylic acid groups (broad SMARTS) is 4. The predicted molar refractivity (Wildman–Crippen MR) is 74.7 cm³/mol. The van der Waals surface area contributed by atoms with Crippen LogP contribution in [-0.2, 0) is 4.79 Å². The quantitative estimate of drug-likeness (QED) is 0.332. The van der Waals surface area contributed by atoms with E-state index in [1.54, 1.807) is 0 Å². The number of hydrogen-bond acceptors (Lipinski definition) is 6. The van der Waals surface area contributed by atoms with Crippen LogP contribution >= 0.6 is 0 Å². The lowest BCUT2D eigenvalue weighted by Gasteiger charge is -2.15. The highest BCUT2D eigenvalue weighted by molar-refractivity contribution is 6.13. The minimum absolute atomic E-state index is 0.250. The SMILES string of the molecule is C=C(C)C(=O)Oc1c(C(=O)O)c(C(=O)O)cc(C(=O)O)c1C(=O)O. The molecule has 0 heterocycles. The van der Waals surface area contributed by atoms with Crippen molar-refractivity contribution >= 4 is 29.8 Å². The average molecular weight is 338 g/mol. The number of benzene rings is 1. The van der Waals surface area contributed by atoms with Crippen molar-refractivity contribution in [2.24, 2.45) is 0 Å². The number of aromatic carboxylic acids is 4. The minimum atomic E-state index is -1.92. The molecule has 0 aliphatic rings. The summed E-state index contributed by atoms with van der Waals surface area (Å²) in [7, 11) is 0. The Morgan fingerprint density at radius 1 is 0.833 bits per heavy atom. The van der Waals surface area contributed by atoms with Crippen LogP contribution in [-0.4, -0.2) is 50.3 Å². The van der Waals surface area contributed by atoms with Crippen molar-refractivity contribution in [2.45, 2.75) is 6.92 Å². The first kappa shape index (κ1) is 18.4. The zero-order valence-corrected chi connectivity index (χ0v) is 12.0. The van der Waals surface area contributed by atoms with Gasteiger partial charge in [-0.2, -0.15) is 0 Å². The summed E-state index contributed by atoms with van der Waals surface area (Å²) in [4.78, 5) is 56.7. The third-order valence-corrected chi connectivity index (χ3v) is 2.71. The fourth-order valence-electron chi connectivity index (χ4n) is 1.70. The van der Waals surface area contributed by atoms with Crippen LogP contribution in [0.2, 0.25) is 0 Å². The van der Waals surface area contributed by atoms with Gasteiger partial charge in [0.25, 0.3) is 0 Å². The molecule has 0 spiro atoms. The van der Waals surface area contributed by atoms with Gasteiger partial charge < -0.3 is 25.2 Å². The number of rotatable bonds is 6. The maximum atomic E-state index is 11.6. The largest absolute Gasteiger partial charge is 0.478 e. The Balaban J connectivity index is 4.01. The van der Waals surface area contributed by atoms with Crippen molar-refractivity contribution in [2.75, 3.05) is 0 Å². The highest BCUT2D eigenvalue weighted by Gasteiger charge is 2.33. The van der Waals surface area contributed by atoms with Crippen molar-refractivity contribution in [1.82, 2.24) is 0 Å². The zero-order chi connectivity index (χ0) is 18.8. The van der Waals surface area contributed by atoms with Crippen LogP contribution in [0.1, 0.15) is 48.4 Å². The first-order chi connectivity index (χ1) is 11.0. The van der Waals surface area contributed by atoms with E-state index >= 15 is 0 Å². The van der Waals surface area contributed by atoms with Gasteiger partial charge in [0.15, 0.2) is 5.75 Å². The van der Waals surface area contributed by atoms with Gasteiger partial charge in [0, 0.05) is 5.57 Å². The minimum Gasteiger partial charge on any atom is -0.478 e. The summed E-state index contributed by atoms with van der Waals surface area (Å²) in [5, 5.41) is 36.4. The van der Waals surface area contributed by atoms with Crippen molar-refractivity contribution in [3.05, 3.63) is 40.5 Å². The molecule has 0 aliphatic heterocycles.